The summed E-state index contributed by atoms with van der Waals surface area (Å²) in [4.78, 5) is 21.4. The third-order valence-electron chi connectivity index (χ3n) is 3.73. The standard InChI is InChI=1S/C16H20N4O2/c21-15(17-6-7-20-8-10-22-11-9-20)4-3-13-12-19-16-14(13)2-1-5-18-16/h1-5,12H,6-11H2,(H,17,21)(H,18,19)/b4-3+. The summed E-state index contributed by atoms with van der Waals surface area (Å²) < 4.78 is 5.29. The lowest BCUT2D eigenvalue weighted by Crippen LogP contribution is -2.41. The number of nitrogens with zero attached hydrogens (tertiary/aromatic N) is 2. The molecule has 0 aliphatic carbocycles. The number of amides is 1. The number of carbonyl (C=O) groups excluding carboxylic acids is 1. The van der Waals surface area contributed by atoms with Crippen molar-refractivity contribution in [1.29, 1.82) is 0 Å². The molecule has 22 heavy (non-hydrogen) atoms. The fourth-order valence-corrected chi connectivity index (χ4v) is 2.50. The molecule has 0 aromatic carbocycles. The number of aromatic nitrogens is 2. The summed E-state index contributed by atoms with van der Waals surface area (Å²) in [6.07, 6.45) is 6.97. The molecule has 116 valence electrons. The predicted octanol–water partition coefficient (Wildman–Crippen LogP) is 1.02. The second-order valence-electron chi connectivity index (χ2n) is 5.22. The van der Waals surface area contributed by atoms with Gasteiger partial charge in [0.05, 0.1) is 13.2 Å². The van der Waals surface area contributed by atoms with Crippen LogP contribution in [0.1, 0.15) is 5.56 Å². The summed E-state index contributed by atoms with van der Waals surface area (Å²) in [5.74, 6) is -0.0773. The molecule has 6 nitrogen and oxygen atoms in total. The molecular weight excluding hydrogens is 280 g/mol. The van der Waals surface area contributed by atoms with Gasteiger partial charge in [0.25, 0.3) is 0 Å². The summed E-state index contributed by atoms with van der Waals surface area (Å²) in [6, 6.07) is 3.87. The van der Waals surface area contributed by atoms with E-state index in [2.05, 4.69) is 20.2 Å². The Morgan fingerprint density at radius 3 is 3.18 bits per heavy atom. The summed E-state index contributed by atoms with van der Waals surface area (Å²) in [7, 11) is 0. The van der Waals surface area contributed by atoms with Crippen molar-refractivity contribution in [1.82, 2.24) is 20.2 Å². The highest BCUT2D eigenvalue weighted by Gasteiger charge is 2.09. The number of nitrogens with one attached hydrogen (secondary N) is 2. The zero-order valence-electron chi connectivity index (χ0n) is 12.4. The highest BCUT2D eigenvalue weighted by molar-refractivity contribution is 5.95. The average molecular weight is 300 g/mol. The zero-order chi connectivity index (χ0) is 15.2. The van der Waals surface area contributed by atoms with E-state index in [9.17, 15) is 4.79 Å². The van der Waals surface area contributed by atoms with Crippen molar-refractivity contribution in [2.24, 2.45) is 0 Å². The van der Waals surface area contributed by atoms with E-state index < -0.39 is 0 Å². The molecule has 2 aromatic rings. The number of fused-ring (bicyclic) bond motifs is 1. The van der Waals surface area contributed by atoms with Crippen molar-refractivity contribution in [3.8, 4) is 0 Å². The van der Waals surface area contributed by atoms with Gasteiger partial charge in [-0.25, -0.2) is 4.98 Å². The molecule has 0 atom stereocenters. The lowest BCUT2D eigenvalue weighted by Gasteiger charge is -2.26. The maximum absolute atomic E-state index is 11.8. The Hall–Kier alpha value is -2.18. The highest BCUT2D eigenvalue weighted by Crippen LogP contribution is 2.16. The first-order chi connectivity index (χ1) is 10.8. The van der Waals surface area contributed by atoms with Crippen LogP contribution in [0, 0.1) is 0 Å². The van der Waals surface area contributed by atoms with Crippen LogP contribution in [-0.2, 0) is 9.53 Å². The van der Waals surface area contributed by atoms with Crippen molar-refractivity contribution in [2.45, 2.75) is 0 Å². The zero-order valence-corrected chi connectivity index (χ0v) is 12.4. The number of aromatic amines is 1. The lowest BCUT2D eigenvalue weighted by atomic mass is 10.2. The number of rotatable bonds is 5. The molecule has 2 N–H and O–H groups in total. The van der Waals surface area contributed by atoms with Crippen molar-refractivity contribution >= 4 is 23.0 Å². The minimum absolute atomic E-state index is 0.0773. The molecule has 0 bridgehead atoms. The quantitative estimate of drug-likeness (QED) is 0.809. The largest absolute Gasteiger partial charge is 0.379 e. The van der Waals surface area contributed by atoms with E-state index in [-0.39, 0.29) is 5.91 Å². The average Bonchev–Trinajstić information content (AvgIpc) is 2.97. The molecule has 1 amide bonds. The maximum Gasteiger partial charge on any atom is 0.244 e. The highest BCUT2D eigenvalue weighted by atomic mass is 16.5. The molecule has 0 spiro atoms. The Balaban J connectivity index is 1.48. The Kier molecular flexibility index (Phi) is 4.82. The molecule has 1 fully saturated rings. The first kappa shape index (κ1) is 14.7. The first-order valence-corrected chi connectivity index (χ1v) is 7.51. The van der Waals surface area contributed by atoms with Gasteiger partial charge >= 0.3 is 0 Å². The molecule has 3 heterocycles. The molecule has 0 saturated carbocycles. The fraction of sp³-hybridized carbons (Fsp3) is 0.375. The van der Waals surface area contributed by atoms with Gasteiger partial charge in [0.1, 0.15) is 5.65 Å². The molecular formula is C16H20N4O2. The first-order valence-electron chi connectivity index (χ1n) is 7.51. The number of morpholine rings is 1. The van der Waals surface area contributed by atoms with Crippen LogP contribution in [0.5, 0.6) is 0 Å². The van der Waals surface area contributed by atoms with Crippen LogP contribution in [0.25, 0.3) is 17.1 Å². The van der Waals surface area contributed by atoms with E-state index in [1.54, 1.807) is 12.3 Å². The minimum Gasteiger partial charge on any atom is -0.379 e. The lowest BCUT2D eigenvalue weighted by molar-refractivity contribution is -0.116. The fourth-order valence-electron chi connectivity index (χ4n) is 2.50. The van der Waals surface area contributed by atoms with Crippen molar-refractivity contribution in [2.75, 3.05) is 39.4 Å². The Bertz CT molecular complexity index is 659. The second-order valence-corrected chi connectivity index (χ2v) is 5.22. The van der Waals surface area contributed by atoms with E-state index in [0.717, 1.165) is 49.4 Å². The second kappa shape index (κ2) is 7.20. The van der Waals surface area contributed by atoms with Crippen LogP contribution in [0.15, 0.2) is 30.6 Å². The number of hydrogen-bond acceptors (Lipinski definition) is 4. The Morgan fingerprint density at radius 1 is 1.45 bits per heavy atom. The van der Waals surface area contributed by atoms with Crippen molar-refractivity contribution < 1.29 is 9.53 Å². The van der Waals surface area contributed by atoms with E-state index >= 15 is 0 Å². The maximum atomic E-state index is 11.8. The van der Waals surface area contributed by atoms with Gasteiger partial charge in [-0.05, 0) is 18.2 Å². The molecule has 1 aliphatic rings. The molecule has 0 radical (unpaired) electrons. The van der Waals surface area contributed by atoms with Crippen LogP contribution < -0.4 is 5.32 Å². The SMILES string of the molecule is O=C(/C=C/c1c[nH]c2ncccc12)NCCN1CCOCC1. The van der Waals surface area contributed by atoms with Gasteiger partial charge in [0.15, 0.2) is 0 Å². The summed E-state index contributed by atoms with van der Waals surface area (Å²) >= 11 is 0. The van der Waals surface area contributed by atoms with Gasteiger partial charge in [-0.15, -0.1) is 0 Å². The number of H-pyrrole nitrogens is 1. The molecule has 6 heteroatoms. The van der Waals surface area contributed by atoms with Crippen LogP contribution in [0.2, 0.25) is 0 Å². The number of hydrogen-bond donors (Lipinski definition) is 2. The molecule has 1 aliphatic heterocycles. The van der Waals surface area contributed by atoms with Gasteiger partial charge in [0, 0.05) is 55.6 Å². The van der Waals surface area contributed by atoms with E-state index in [1.165, 1.54) is 0 Å². The smallest absolute Gasteiger partial charge is 0.244 e. The van der Waals surface area contributed by atoms with Gasteiger partial charge in [-0.3, -0.25) is 9.69 Å². The van der Waals surface area contributed by atoms with Crippen molar-refractivity contribution in [3.05, 3.63) is 36.2 Å². The summed E-state index contributed by atoms with van der Waals surface area (Å²) in [6.45, 7) is 4.95. The minimum atomic E-state index is -0.0773. The Morgan fingerprint density at radius 2 is 2.32 bits per heavy atom. The van der Waals surface area contributed by atoms with Crippen LogP contribution in [0.3, 0.4) is 0 Å². The normalized spacial score (nSPS) is 16.4. The van der Waals surface area contributed by atoms with E-state index in [0.29, 0.717) is 6.54 Å². The van der Waals surface area contributed by atoms with Crippen molar-refractivity contribution in [3.63, 3.8) is 0 Å². The van der Waals surface area contributed by atoms with Gasteiger partial charge < -0.3 is 15.0 Å². The number of ether oxygens (including phenoxy) is 1. The third kappa shape index (κ3) is 3.72. The number of carbonyl (C=O) groups is 1. The molecule has 0 unspecified atom stereocenters. The number of pyridine rings is 1. The van der Waals surface area contributed by atoms with Gasteiger partial charge in [-0.1, -0.05) is 0 Å². The monoisotopic (exact) mass is 300 g/mol. The predicted molar refractivity (Wildman–Crippen MR) is 85.4 cm³/mol. The van der Waals surface area contributed by atoms with E-state index in [1.807, 2.05) is 24.4 Å². The topological polar surface area (TPSA) is 70.2 Å². The van der Waals surface area contributed by atoms with E-state index in [4.69, 9.17) is 4.74 Å². The summed E-state index contributed by atoms with van der Waals surface area (Å²) in [5, 5.41) is 3.92. The molecule has 3 rings (SSSR count). The van der Waals surface area contributed by atoms with Crippen LogP contribution >= 0.6 is 0 Å². The van der Waals surface area contributed by atoms with Gasteiger partial charge in [0.2, 0.25) is 5.91 Å². The molecule has 1 saturated heterocycles. The van der Waals surface area contributed by atoms with Gasteiger partial charge in [-0.2, -0.15) is 0 Å². The van der Waals surface area contributed by atoms with Crippen LogP contribution in [-0.4, -0.2) is 60.2 Å². The van der Waals surface area contributed by atoms with Crippen LogP contribution in [0.4, 0.5) is 0 Å². The summed E-state index contributed by atoms with van der Waals surface area (Å²) in [5.41, 5.74) is 1.79. The molecule has 2 aromatic heterocycles. The Labute approximate surface area is 129 Å². The third-order valence-corrected chi connectivity index (χ3v) is 3.73.